The van der Waals surface area contributed by atoms with Crippen molar-refractivity contribution in [1.82, 2.24) is 19.4 Å². The molecule has 10 nitrogen and oxygen atoms in total. The molecule has 2 aliphatic carbocycles. The fourth-order valence-corrected chi connectivity index (χ4v) is 9.31. The lowest BCUT2D eigenvalue weighted by Crippen LogP contribution is -2.60. The number of aliphatic hydroxyl groups is 2. The van der Waals surface area contributed by atoms with Gasteiger partial charge in [0.1, 0.15) is 29.1 Å². The highest BCUT2D eigenvalue weighted by Gasteiger charge is 2.46. The molecule has 0 spiro atoms. The molecule has 0 saturated heterocycles. The number of hydrogen-bond donors (Lipinski definition) is 4. The first kappa shape index (κ1) is 39.1. The number of nitrogens with two attached hydrogens (primary N) is 1. The van der Waals surface area contributed by atoms with Crippen molar-refractivity contribution in [3.05, 3.63) is 156 Å². The van der Waals surface area contributed by atoms with Gasteiger partial charge < -0.3 is 35.1 Å². The number of hydrogen-bond acceptors (Lipinski definition) is 6. The highest BCUT2D eigenvalue weighted by Crippen LogP contribution is 2.42. The van der Waals surface area contributed by atoms with E-state index in [4.69, 9.17) is 15.5 Å². The number of carbonyl (C=O) groups is 2. The number of fused-ring (bicyclic) bond motifs is 1. The molecular weight excluding hydrogens is 727 g/mol. The van der Waals surface area contributed by atoms with Crippen LogP contribution in [-0.4, -0.2) is 72.9 Å². The van der Waals surface area contributed by atoms with Gasteiger partial charge in [0.2, 0.25) is 5.91 Å². The second-order valence-electron chi connectivity index (χ2n) is 16.2. The number of aliphatic hydroxyl groups excluding tert-OH is 2. The Hall–Kier alpha value is -5.71. The Morgan fingerprint density at radius 2 is 1.47 bits per heavy atom. The SMILES string of the molecule is COc1ccc2[nH]c(C(=O)N(C(Cc3cn(C(c4ccccc4)(c4ccccc4)c4ccccc4)cn3)C(N)=O)[C@@H](CC3CCCCC3)[C@@H](O)[C@@H](O)C3CC3)cc2c1. The summed E-state index contributed by atoms with van der Waals surface area (Å²) >= 11 is 0. The minimum Gasteiger partial charge on any atom is -0.497 e. The number of benzene rings is 4. The molecule has 4 aromatic carbocycles. The van der Waals surface area contributed by atoms with E-state index in [0.717, 1.165) is 72.5 Å². The zero-order chi connectivity index (χ0) is 40.2. The molecule has 8 rings (SSSR count). The summed E-state index contributed by atoms with van der Waals surface area (Å²) in [6.45, 7) is 0. The summed E-state index contributed by atoms with van der Waals surface area (Å²) in [6.07, 6.45) is 8.55. The third-order valence-corrected chi connectivity index (χ3v) is 12.5. The van der Waals surface area contributed by atoms with Crippen LogP contribution in [-0.2, 0) is 16.8 Å². The van der Waals surface area contributed by atoms with Crippen LogP contribution < -0.4 is 10.5 Å². The number of aromatic nitrogens is 3. The molecule has 6 aromatic rings. The van der Waals surface area contributed by atoms with Crippen molar-refractivity contribution in [3.8, 4) is 5.75 Å². The molecule has 0 aliphatic heterocycles. The lowest BCUT2D eigenvalue weighted by Gasteiger charge is -2.42. The van der Waals surface area contributed by atoms with Crippen molar-refractivity contribution in [3.63, 3.8) is 0 Å². The van der Waals surface area contributed by atoms with Crippen molar-refractivity contribution in [2.24, 2.45) is 17.6 Å². The zero-order valence-electron chi connectivity index (χ0n) is 33.0. The number of H-pyrrole nitrogens is 1. The number of carbonyl (C=O) groups excluding carboxylic acids is 2. The summed E-state index contributed by atoms with van der Waals surface area (Å²) < 4.78 is 7.53. The number of amides is 2. The fraction of sp³-hybridized carbons (Fsp3) is 0.354. The predicted molar refractivity (Wildman–Crippen MR) is 224 cm³/mol. The Labute approximate surface area is 339 Å². The van der Waals surface area contributed by atoms with Gasteiger partial charge in [-0.15, -0.1) is 0 Å². The lowest BCUT2D eigenvalue weighted by atomic mass is 9.77. The first-order valence-corrected chi connectivity index (χ1v) is 20.6. The topological polar surface area (TPSA) is 147 Å². The van der Waals surface area contributed by atoms with E-state index >= 15 is 4.79 Å². The van der Waals surface area contributed by atoms with Crippen molar-refractivity contribution in [2.45, 2.75) is 87.6 Å². The minimum absolute atomic E-state index is 0.00994. The van der Waals surface area contributed by atoms with Crippen LogP contribution in [0.25, 0.3) is 10.9 Å². The van der Waals surface area contributed by atoms with Gasteiger partial charge in [-0.3, -0.25) is 9.59 Å². The van der Waals surface area contributed by atoms with Crippen molar-refractivity contribution < 1.29 is 24.5 Å². The number of imidazole rings is 1. The summed E-state index contributed by atoms with van der Waals surface area (Å²) in [4.78, 5) is 38.8. The number of nitrogens with zero attached hydrogens (tertiary/aromatic N) is 3. The van der Waals surface area contributed by atoms with E-state index < -0.39 is 41.6 Å². The third-order valence-electron chi connectivity index (χ3n) is 12.5. The fourth-order valence-electron chi connectivity index (χ4n) is 9.31. The summed E-state index contributed by atoms with van der Waals surface area (Å²) in [7, 11) is 1.59. The standard InChI is InChI=1S/C48H53N5O5/c1-58-39-24-25-40-34(27-39)28-41(51-40)47(57)53(42(26-32-14-6-2-7-15-32)45(55)44(54)33-22-23-33)43(46(49)56)29-38-30-52(31-50-38)48(35-16-8-3-9-17-35,36-18-10-4-11-19-36)37-20-12-5-13-21-37/h3-5,8-13,16-21,24-25,27-28,30-33,42-45,51,54-55H,2,6-7,14-15,22-23,26,29H2,1H3,(H2,49,56)/t42-,43?,44-,45+/m0/s1. The van der Waals surface area contributed by atoms with E-state index in [1.807, 2.05) is 79.0 Å². The minimum atomic E-state index is -1.29. The third kappa shape index (κ3) is 7.78. The molecule has 5 N–H and O–H groups in total. The van der Waals surface area contributed by atoms with Crippen molar-refractivity contribution >= 4 is 22.7 Å². The van der Waals surface area contributed by atoms with Gasteiger partial charge in [-0.05, 0) is 72.1 Å². The van der Waals surface area contributed by atoms with Gasteiger partial charge in [0.05, 0.1) is 31.3 Å². The first-order valence-electron chi connectivity index (χ1n) is 20.6. The number of primary amides is 1. The smallest absolute Gasteiger partial charge is 0.271 e. The van der Waals surface area contributed by atoms with Crippen LogP contribution in [0.1, 0.15) is 84.2 Å². The van der Waals surface area contributed by atoms with Crippen LogP contribution in [0.3, 0.4) is 0 Å². The van der Waals surface area contributed by atoms with Crippen molar-refractivity contribution in [1.29, 1.82) is 0 Å². The van der Waals surface area contributed by atoms with Gasteiger partial charge in [0, 0.05) is 23.5 Å². The maximum absolute atomic E-state index is 15.2. The normalized spacial score (nSPS) is 17.0. The maximum Gasteiger partial charge on any atom is 0.271 e. The Morgan fingerprint density at radius 3 is 2.02 bits per heavy atom. The molecule has 2 aliphatic rings. The summed E-state index contributed by atoms with van der Waals surface area (Å²) in [6, 6.07) is 35.9. The number of rotatable bonds is 16. The van der Waals surface area contributed by atoms with Crippen LogP contribution >= 0.6 is 0 Å². The van der Waals surface area contributed by atoms with Gasteiger partial charge in [-0.2, -0.15) is 0 Å². The average Bonchev–Trinajstić information content (AvgIpc) is 3.86. The Kier molecular flexibility index (Phi) is 11.5. The van der Waals surface area contributed by atoms with Crippen LogP contribution in [0.4, 0.5) is 0 Å². The Balaban J connectivity index is 1.24. The first-order chi connectivity index (χ1) is 28.3. The number of aromatic amines is 1. The van der Waals surface area contributed by atoms with Gasteiger partial charge in [-0.1, -0.05) is 123 Å². The second-order valence-corrected chi connectivity index (χ2v) is 16.2. The van der Waals surface area contributed by atoms with Crippen LogP contribution in [0.2, 0.25) is 0 Å². The monoisotopic (exact) mass is 779 g/mol. The Bertz CT molecular complexity index is 2200. The average molecular weight is 780 g/mol. The van der Waals surface area contributed by atoms with Crippen LogP contribution in [0, 0.1) is 11.8 Å². The molecule has 2 heterocycles. The largest absolute Gasteiger partial charge is 0.497 e. The molecule has 4 atom stereocenters. The maximum atomic E-state index is 15.2. The summed E-state index contributed by atoms with van der Waals surface area (Å²) in [5.41, 5.74) is 10.1. The highest BCUT2D eigenvalue weighted by molar-refractivity contribution is 6.00. The molecule has 0 radical (unpaired) electrons. The van der Waals surface area contributed by atoms with E-state index in [1.165, 1.54) is 4.90 Å². The van der Waals surface area contributed by atoms with E-state index in [0.29, 0.717) is 17.9 Å². The molecule has 2 fully saturated rings. The van der Waals surface area contributed by atoms with E-state index in [2.05, 4.69) is 45.9 Å². The van der Waals surface area contributed by atoms with Gasteiger partial charge in [0.15, 0.2) is 0 Å². The molecule has 2 aromatic heterocycles. The van der Waals surface area contributed by atoms with Crippen LogP contribution in [0.15, 0.2) is 128 Å². The lowest BCUT2D eigenvalue weighted by molar-refractivity contribution is -0.125. The van der Waals surface area contributed by atoms with Gasteiger partial charge in [0.25, 0.3) is 5.91 Å². The molecule has 1 unspecified atom stereocenters. The molecule has 58 heavy (non-hydrogen) atoms. The number of ether oxygens (including phenoxy) is 1. The van der Waals surface area contributed by atoms with Gasteiger partial charge in [-0.25, -0.2) is 4.98 Å². The summed E-state index contributed by atoms with van der Waals surface area (Å²) in [5, 5.41) is 24.4. The van der Waals surface area contributed by atoms with E-state index in [9.17, 15) is 15.0 Å². The Morgan fingerprint density at radius 1 is 0.862 bits per heavy atom. The molecule has 300 valence electrons. The number of nitrogens with one attached hydrogen (secondary N) is 1. The quantitative estimate of drug-likeness (QED) is 0.0764. The molecule has 0 bridgehead atoms. The van der Waals surface area contributed by atoms with E-state index in [1.54, 1.807) is 19.5 Å². The molecule has 2 saturated carbocycles. The van der Waals surface area contributed by atoms with Crippen LogP contribution in [0.5, 0.6) is 5.75 Å². The molecule has 10 heteroatoms. The van der Waals surface area contributed by atoms with E-state index in [-0.39, 0.29) is 24.0 Å². The van der Waals surface area contributed by atoms with Gasteiger partial charge >= 0.3 is 0 Å². The number of methoxy groups -OCH3 is 1. The molecule has 2 amide bonds. The highest BCUT2D eigenvalue weighted by atomic mass is 16.5. The van der Waals surface area contributed by atoms with Crippen molar-refractivity contribution in [2.75, 3.05) is 7.11 Å². The zero-order valence-corrected chi connectivity index (χ0v) is 33.0. The predicted octanol–water partition coefficient (Wildman–Crippen LogP) is 7.22. The summed E-state index contributed by atoms with van der Waals surface area (Å²) in [5.74, 6) is -0.413. The molecular formula is C48H53N5O5. The second kappa shape index (κ2) is 17.0.